The number of carbonyl (C=O) groups is 1. The van der Waals surface area contributed by atoms with Gasteiger partial charge in [-0.1, -0.05) is 0 Å². The van der Waals surface area contributed by atoms with E-state index in [1.165, 1.54) is 12.1 Å². The number of carboxylic acids is 1. The number of methoxy groups -OCH3 is 1. The van der Waals surface area contributed by atoms with Crippen molar-refractivity contribution < 1.29 is 19.7 Å². The van der Waals surface area contributed by atoms with Crippen molar-refractivity contribution in [2.45, 2.75) is 0 Å². The van der Waals surface area contributed by atoms with Crippen molar-refractivity contribution in [3.8, 4) is 17.2 Å². The number of nitrogens with two attached hydrogens (primary N) is 1. The summed E-state index contributed by atoms with van der Waals surface area (Å²) >= 11 is 0. The number of aromatic nitrogens is 1. The standard InChI is InChI=1S/C16H14N2O4/c1-22-10-3-5-11-13(17)8-18(14(11)7-10)9-2-4-12(16(20)21)15(19)6-9/h2-8,19H,17H2,1H3,(H,20,21). The lowest BCUT2D eigenvalue weighted by atomic mass is 10.1. The van der Waals surface area contributed by atoms with Crippen LogP contribution in [0.4, 0.5) is 5.69 Å². The molecule has 0 saturated carbocycles. The summed E-state index contributed by atoms with van der Waals surface area (Å²) in [5.41, 5.74) is 7.85. The lowest BCUT2D eigenvalue weighted by Crippen LogP contribution is -1.99. The number of rotatable bonds is 3. The summed E-state index contributed by atoms with van der Waals surface area (Å²) in [6, 6.07) is 9.85. The van der Waals surface area contributed by atoms with E-state index in [0.29, 0.717) is 17.1 Å². The largest absolute Gasteiger partial charge is 0.507 e. The molecule has 0 unspecified atom stereocenters. The van der Waals surface area contributed by atoms with Gasteiger partial charge in [0, 0.05) is 29.4 Å². The van der Waals surface area contributed by atoms with Crippen LogP contribution < -0.4 is 10.5 Å². The Kier molecular flexibility index (Phi) is 3.14. The summed E-state index contributed by atoms with van der Waals surface area (Å²) in [5, 5.41) is 19.7. The first-order valence-electron chi connectivity index (χ1n) is 6.52. The molecule has 4 N–H and O–H groups in total. The van der Waals surface area contributed by atoms with Gasteiger partial charge >= 0.3 is 5.97 Å². The molecule has 6 nitrogen and oxygen atoms in total. The van der Waals surface area contributed by atoms with E-state index in [9.17, 15) is 9.90 Å². The average molecular weight is 298 g/mol. The number of aromatic hydroxyl groups is 1. The van der Waals surface area contributed by atoms with Crippen LogP contribution >= 0.6 is 0 Å². The molecule has 0 aliphatic heterocycles. The monoisotopic (exact) mass is 298 g/mol. The third kappa shape index (κ3) is 2.10. The minimum Gasteiger partial charge on any atom is -0.507 e. The fourth-order valence-corrected chi connectivity index (χ4v) is 2.42. The number of nitrogen functional groups attached to an aromatic ring is 1. The molecular weight excluding hydrogens is 284 g/mol. The van der Waals surface area contributed by atoms with Crippen LogP contribution in [-0.2, 0) is 0 Å². The zero-order valence-corrected chi connectivity index (χ0v) is 11.8. The fourth-order valence-electron chi connectivity index (χ4n) is 2.42. The molecular formula is C16H14N2O4. The Bertz CT molecular complexity index is 883. The van der Waals surface area contributed by atoms with Gasteiger partial charge in [-0.2, -0.15) is 0 Å². The second kappa shape index (κ2) is 5.00. The molecule has 22 heavy (non-hydrogen) atoms. The van der Waals surface area contributed by atoms with Crippen LogP contribution in [0.5, 0.6) is 11.5 Å². The first-order valence-corrected chi connectivity index (χ1v) is 6.52. The highest BCUT2D eigenvalue weighted by atomic mass is 16.5. The van der Waals surface area contributed by atoms with Crippen molar-refractivity contribution in [3.63, 3.8) is 0 Å². The molecule has 3 rings (SSSR count). The van der Waals surface area contributed by atoms with Gasteiger partial charge in [-0.05, 0) is 24.3 Å². The predicted molar refractivity (Wildman–Crippen MR) is 82.9 cm³/mol. The third-order valence-electron chi connectivity index (χ3n) is 3.53. The number of ether oxygens (including phenoxy) is 1. The van der Waals surface area contributed by atoms with E-state index in [0.717, 1.165) is 10.9 Å². The molecule has 112 valence electrons. The van der Waals surface area contributed by atoms with Crippen molar-refractivity contribution >= 4 is 22.6 Å². The maximum absolute atomic E-state index is 11.0. The average Bonchev–Trinajstić information content (AvgIpc) is 2.83. The van der Waals surface area contributed by atoms with E-state index in [1.807, 2.05) is 18.2 Å². The first-order chi connectivity index (χ1) is 10.5. The Morgan fingerprint density at radius 3 is 2.64 bits per heavy atom. The highest BCUT2D eigenvalue weighted by Crippen LogP contribution is 2.31. The van der Waals surface area contributed by atoms with Crippen molar-refractivity contribution in [1.82, 2.24) is 4.57 Å². The quantitative estimate of drug-likeness (QED) is 0.690. The molecule has 1 heterocycles. The topological polar surface area (TPSA) is 97.7 Å². The SMILES string of the molecule is COc1ccc2c(N)cn(-c3ccc(C(=O)O)c(O)c3)c2c1. The second-order valence-electron chi connectivity index (χ2n) is 4.84. The second-order valence-corrected chi connectivity index (χ2v) is 4.84. The molecule has 6 heteroatoms. The molecule has 0 bridgehead atoms. The van der Waals surface area contributed by atoms with Crippen molar-refractivity contribution in [2.75, 3.05) is 12.8 Å². The van der Waals surface area contributed by atoms with Crippen LogP contribution in [0, 0.1) is 0 Å². The minimum absolute atomic E-state index is 0.147. The van der Waals surface area contributed by atoms with Crippen LogP contribution in [0.3, 0.4) is 0 Å². The molecule has 0 atom stereocenters. The maximum atomic E-state index is 11.0. The van der Waals surface area contributed by atoms with Gasteiger partial charge in [0.2, 0.25) is 0 Å². The van der Waals surface area contributed by atoms with E-state index in [4.69, 9.17) is 15.6 Å². The number of phenols is 1. The lowest BCUT2D eigenvalue weighted by Gasteiger charge is -2.08. The molecule has 0 radical (unpaired) electrons. The van der Waals surface area contributed by atoms with Crippen LogP contribution in [0.25, 0.3) is 16.6 Å². The molecule has 2 aromatic carbocycles. The number of hydrogen-bond donors (Lipinski definition) is 3. The highest BCUT2D eigenvalue weighted by Gasteiger charge is 2.13. The van der Waals surface area contributed by atoms with Gasteiger partial charge in [-0.15, -0.1) is 0 Å². The molecule has 0 saturated heterocycles. The van der Waals surface area contributed by atoms with E-state index >= 15 is 0 Å². The van der Waals surface area contributed by atoms with E-state index in [1.54, 1.807) is 23.9 Å². The van der Waals surface area contributed by atoms with Crippen LogP contribution in [-0.4, -0.2) is 27.9 Å². The van der Waals surface area contributed by atoms with Gasteiger partial charge in [0.25, 0.3) is 0 Å². The Hall–Kier alpha value is -3.15. The van der Waals surface area contributed by atoms with Gasteiger partial charge in [0.15, 0.2) is 0 Å². The number of benzene rings is 2. The Morgan fingerprint density at radius 1 is 1.23 bits per heavy atom. The Morgan fingerprint density at radius 2 is 2.00 bits per heavy atom. The number of anilines is 1. The summed E-state index contributed by atoms with van der Waals surface area (Å²) in [6.07, 6.45) is 1.72. The molecule has 3 aromatic rings. The zero-order chi connectivity index (χ0) is 15.9. The molecule has 0 fully saturated rings. The predicted octanol–water partition coefficient (Wildman–Crippen LogP) is 2.63. The summed E-state index contributed by atoms with van der Waals surface area (Å²) in [5.74, 6) is -0.797. The zero-order valence-electron chi connectivity index (χ0n) is 11.8. The van der Waals surface area contributed by atoms with Crippen LogP contribution in [0.15, 0.2) is 42.6 Å². The molecule has 0 amide bonds. The van der Waals surface area contributed by atoms with Crippen molar-refractivity contribution in [3.05, 3.63) is 48.2 Å². The maximum Gasteiger partial charge on any atom is 0.339 e. The number of carboxylic acid groups (broad SMARTS) is 1. The Balaban J connectivity index is 2.21. The summed E-state index contributed by atoms with van der Waals surface area (Å²) < 4.78 is 6.99. The van der Waals surface area contributed by atoms with Crippen LogP contribution in [0.2, 0.25) is 0 Å². The van der Waals surface area contributed by atoms with E-state index in [2.05, 4.69) is 0 Å². The summed E-state index contributed by atoms with van der Waals surface area (Å²) in [7, 11) is 1.57. The fraction of sp³-hybridized carbons (Fsp3) is 0.0625. The molecule has 0 aliphatic rings. The normalized spacial score (nSPS) is 10.8. The summed E-state index contributed by atoms with van der Waals surface area (Å²) in [4.78, 5) is 11.0. The van der Waals surface area contributed by atoms with E-state index < -0.39 is 5.97 Å². The number of nitrogens with zero attached hydrogens (tertiary/aromatic N) is 1. The van der Waals surface area contributed by atoms with Gasteiger partial charge in [-0.25, -0.2) is 4.79 Å². The van der Waals surface area contributed by atoms with Gasteiger partial charge in [-0.3, -0.25) is 0 Å². The van der Waals surface area contributed by atoms with E-state index in [-0.39, 0.29) is 11.3 Å². The number of aromatic carboxylic acids is 1. The first kappa shape index (κ1) is 13.8. The molecule has 1 aromatic heterocycles. The number of hydrogen-bond acceptors (Lipinski definition) is 4. The molecule has 0 aliphatic carbocycles. The summed E-state index contributed by atoms with van der Waals surface area (Å²) in [6.45, 7) is 0. The third-order valence-corrected chi connectivity index (χ3v) is 3.53. The van der Waals surface area contributed by atoms with Crippen LogP contribution in [0.1, 0.15) is 10.4 Å². The van der Waals surface area contributed by atoms with Gasteiger partial charge in [0.1, 0.15) is 17.1 Å². The molecule has 0 spiro atoms. The van der Waals surface area contributed by atoms with Gasteiger partial charge < -0.3 is 25.3 Å². The van der Waals surface area contributed by atoms with Gasteiger partial charge in [0.05, 0.1) is 18.3 Å². The highest BCUT2D eigenvalue weighted by molar-refractivity contribution is 5.95. The van der Waals surface area contributed by atoms with Crippen molar-refractivity contribution in [1.29, 1.82) is 0 Å². The smallest absolute Gasteiger partial charge is 0.339 e. The Labute approximate surface area is 126 Å². The minimum atomic E-state index is -1.18. The lowest BCUT2D eigenvalue weighted by molar-refractivity contribution is 0.0694. The van der Waals surface area contributed by atoms with Crippen molar-refractivity contribution in [2.24, 2.45) is 0 Å². The number of fused-ring (bicyclic) bond motifs is 1.